The monoisotopic (exact) mass is 246 g/mol. The average Bonchev–Trinajstić information content (AvgIpc) is 2.16. The molecule has 3 N–H and O–H groups in total. The predicted molar refractivity (Wildman–Crippen MR) is 55.4 cm³/mol. The van der Waals surface area contributed by atoms with E-state index in [0.29, 0.717) is 6.61 Å². The molecule has 0 fully saturated rings. The quantitative estimate of drug-likeness (QED) is 0.645. The molecular weight excluding hydrogens is 230 g/mol. The first kappa shape index (κ1) is 17.0. The Kier molecular flexibility index (Phi) is 9.96. The first-order chi connectivity index (χ1) is 6.52. The molecule has 0 aromatic heterocycles. The summed E-state index contributed by atoms with van der Waals surface area (Å²) >= 11 is 0. The Bertz CT molecular complexity index is 182. The maximum absolute atomic E-state index is 12.5. The molecule has 4 nitrogen and oxygen atoms in total. The summed E-state index contributed by atoms with van der Waals surface area (Å²) in [5.41, 5.74) is 4.78. The number of ether oxygens (including phenoxy) is 1. The van der Waals surface area contributed by atoms with Crippen LogP contribution in [0.5, 0.6) is 0 Å². The van der Waals surface area contributed by atoms with Crippen LogP contribution in [0.25, 0.3) is 0 Å². The number of alkyl halides is 2. The number of carbonyl (C=O) groups excluding carboxylic acids is 1. The number of nitrogens with two attached hydrogens (primary N) is 1. The molecule has 1 amide bonds. The van der Waals surface area contributed by atoms with E-state index in [1.165, 1.54) is 0 Å². The van der Waals surface area contributed by atoms with Gasteiger partial charge in [0.05, 0.1) is 13.1 Å². The molecule has 0 rings (SSSR count). The van der Waals surface area contributed by atoms with E-state index in [-0.39, 0.29) is 19.0 Å². The fourth-order valence-electron chi connectivity index (χ4n) is 0.660. The molecule has 0 atom stereocenters. The van der Waals surface area contributed by atoms with Crippen LogP contribution in [0.3, 0.4) is 0 Å². The van der Waals surface area contributed by atoms with Crippen molar-refractivity contribution in [3.8, 4) is 0 Å². The van der Waals surface area contributed by atoms with Crippen molar-refractivity contribution < 1.29 is 18.3 Å². The third-order valence-corrected chi connectivity index (χ3v) is 1.42. The Hall–Kier alpha value is -0.460. The lowest BCUT2D eigenvalue weighted by Gasteiger charge is -2.14. The first-order valence-electron chi connectivity index (χ1n) is 4.44. The van der Waals surface area contributed by atoms with E-state index >= 15 is 0 Å². The van der Waals surface area contributed by atoms with Gasteiger partial charge in [0.25, 0.3) is 5.92 Å². The van der Waals surface area contributed by atoms with Gasteiger partial charge in [-0.1, -0.05) is 6.92 Å². The molecule has 7 heteroatoms. The summed E-state index contributed by atoms with van der Waals surface area (Å²) in [7, 11) is 0. The zero-order valence-corrected chi connectivity index (χ0v) is 9.41. The van der Waals surface area contributed by atoms with Gasteiger partial charge in [-0.3, -0.25) is 4.79 Å². The molecule has 0 heterocycles. The summed E-state index contributed by atoms with van der Waals surface area (Å²) in [6.45, 7) is 0.636. The molecule has 0 aromatic rings. The van der Waals surface area contributed by atoms with E-state index < -0.39 is 24.9 Å². The standard InChI is InChI=1S/C8H16F2N2O2.ClH/c1-2-3-14-4-7(13)12-6-8(9,10)5-11;/h2-6,11H2,1H3,(H,12,13);1H. The van der Waals surface area contributed by atoms with Crippen molar-refractivity contribution in [1.29, 1.82) is 0 Å². The number of hydrogen-bond acceptors (Lipinski definition) is 3. The van der Waals surface area contributed by atoms with E-state index in [1.54, 1.807) is 0 Å². The largest absolute Gasteiger partial charge is 0.372 e. The summed E-state index contributed by atoms with van der Waals surface area (Å²) in [4.78, 5) is 10.9. The van der Waals surface area contributed by atoms with Gasteiger partial charge in [0.15, 0.2) is 0 Å². The second-order valence-electron chi connectivity index (χ2n) is 2.89. The van der Waals surface area contributed by atoms with Crippen molar-refractivity contribution in [3.63, 3.8) is 0 Å². The minimum atomic E-state index is -3.04. The molecule has 0 aliphatic rings. The minimum Gasteiger partial charge on any atom is -0.372 e. The van der Waals surface area contributed by atoms with Crippen molar-refractivity contribution in [3.05, 3.63) is 0 Å². The van der Waals surface area contributed by atoms with E-state index in [1.807, 2.05) is 12.2 Å². The number of amides is 1. The maximum atomic E-state index is 12.5. The van der Waals surface area contributed by atoms with Gasteiger partial charge in [-0.2, -0.15) is 0 Å². The van der Waals surface area contributed by atoms with Crippen LogP contribution in [0.15, 0.2) is 0 Å². The molecule has 15 heavy (non-hydrogen) atoms. The topological polar surface area (TPSA) is 64.3 Å². The maximum Gasteiger partial charge on any atom is 0.277 e. The van der Waals surface area contributed by atoms with E-state index in [2.05, 4.69) is 0 Å². The number of halogens is 3. The van der Waals surface area contributed by atoms with Crippen LogP contribution >= 0.6 is 12.4 Å². The lowest BCUT2D eigenvalue weighted by molar-refractivity contribution is -0.127. The molecule has 0 unspecified atom stereocenters. The van der Waals surface area contributed by atoms with Gasteiger partial charge in [0, 0.05) is 6.61 Å². The Morgan fingerprint density at radius 2 is 2.13 bits per heavy atom. The molecule has 0 spiro atoms. The van der Waals surface area contributed by atoms with Crippen molar-refractivity contribution in [2.75, 3.05) is 26.3 Å². The summed E-state index contributed by atoms with van der Waals surface area (Å²) in [5, 5.41) is 2.04. The van der Waals surface area contributed by atoms with E-state index in [0.717, 1.165) is 6.42 Å². The summed E-state index contributed by atoms with van der Waals surface area (Å²) in [6, 6.07) is 0. The van der Waals surface area contributed by atoms with Crippen molar-refractivity contribution in [2.24, 2.45) is 5.73 Å². The van der Waals surface area contributed by atoms with Gasteiger partial charge in [0.1, 0.15) is 6.61 Å². The van der Waals surface area contributed by atoms with Crippen LogP contribution < -0.4 is 11.1 Å². The highest BCUT2D eigenvalue weighted by Gasteiger charge is 2.26. The van der Waals surface area contributed by atoms with Gasteiger partial charge >= 0.3 is 0 Å². The molecule has 0 saturated carbocycles. The zero-order valence-electron chi connectivity index (χ0n) is 8.59. The second kappa shape index (κ2) is 8.82. The number of rotatable bonds is 7. The number of nitrogens with one attached hydrogen (secondary N) is 1. The van der Waals surface area contributed by atoms with Crippen molar-refractivity contribution >= 4 is 18.3 Å². The number of hydrogen-bond donors (Lipinski definition) is 2. The van der Waals surface area contributed by atoms with Gasteiger partial charge in [-0.15, -0.1) is 12.4 Å². The molecule has 0 aliphatic carbocycles. The van der Waals surface area contributed by atoms with Gasteiger partial charge < -0.3 is 15.8 Å². The highest BCUT2D eigenvalue weighted by Crippen LogP contribution is 2.08. The summed E-state index contributed by atoms with van der Waals surface area (Å²) in [5.74, 6) is -3.59. The Morgan fingerprint density at radius 3 is 2.60 bits per heavy atom. The third kappa shape index (κ3) is 9.84. The molecule has 0 saturated heterocycles. The Labute approximate surface area is 93.9 Å². The smallest absolute Gasteiger partial charge is 0.277 e. The van der Waals surface area contributed by atoms with Gasteiger partial charge in [0.2, 0.25) is 5.91 Å². The highest BCUT2D eigenvalue weighted by molar-refractivity contribution is 5.85. The molecule has 0 bridgehead atoms. The Balaban J connectivity index is 0. The molecule has 92 valence electrons. The lowest BCUT2D eigenvalue weighted by Crippen LogP contribution is -2.42. The van der Waals surface area contributed by atoms with Crippen LogP contribution in [0.2, 0.25) is 0 Å². The van der Waals surface area contributed by atoms with Crippen LogP contribution in [0.1, 0.15) is 13.3 Å². The SMILES string of the molecule is CCCOCC(=O)NCC(F)(F)CN.Cl. The normalized spacial score (nSPS) is 10.7. The fourth-order valence-corrected chi connectivity index (χ4v) is 0.660. The second-order valence-corrected chi connectivity index (χ2v) is 2.89. The zero-order chi connectivity index (χ0) is 11.0. The van der Waals surface area contributed by atoms with Gasteiger partial charge in [-0.25, -0.2) is 8.78 Å². The minimum absolute atomic E-state index is 0. The summed E-state index contributed by atoms with van der Waals surface area (Å²) in [6.07, 6.45) is 0.784. The van der Waals surface area contributed by atoms with E-state index in [4.69, 9.17) is 10.5 Å². The van der Waals surface area contributed by atoms with E-state index in [9.17, 15) is 13.6 Å². The molecule has 0 radical (unpaired) electrons. The van der Waals surface area contributed by atoms with Crippen LogP contribution in [-0.4, -0.2) is 38.1 Å². The lowest BCUT2D eigenvalue weighted by atomic mass is 10.3. The van der Waals surface area contributed by atoms with Crippen molar-refractivity contribution in [1.82, 2.24) is 5.32 Å². The molecule has 0 aromatic carbocycles. The van der Waals surface area contributed by atoms with Crippen LogP contribution in [-0.2, 0) is 9.53 Å². The third-order valence-electron chi connectivity index (χ3n) is 1.42. The first-order valence-corrected chi connectivity index (χ1v) is 4.44. The molecule has 0 aliphatic heterocycles. The van der Waals surface area contributed by atoms with Crippen molar-refractivity contribution in [2.45, 2.75) is 19.3 Å². The molecular formula is C8H17ClF2N2O2. The summed E-state index contributed by atoms with van der Waals surface area (Å²) < 4.78 is 29.9. The van der Waals surface area contributed by atoms with Crippen LogP contribution in [0, 0.1) is 0 Å². The van der Waals surface area contributed by atoms with Crippen LogP contribution in [0.4, 0.5) is 8.78 Å². The van der Waals surface area contributed by atoms with Gasteiger partial charge in [-0.05, 0) is 6.42 Å². The Morgan fingerprint density at radius 1 is 1.53 bits per heavy atom. The highest BCUT2D eigenvalue weighted by atomic mass is 35.5. The number of carbonyl (C=O) groups is 1. The predicted octanol–water partition coefficient (Wildman–Crippen LogP) is 0.545. The fraction of sp³-hybridized carbons (Fsp3) is 0.875. The average molecular weight is 247 g/mol.